The third-order valence-corrected chi connectivity index (χ3v) is 7.96. The number of hydrogen-bond acceptors (Lipinski definition) is 6. The molecule has 2 unspecified atom stereocenters. The van der Waals surface area contributed by atoms with Gasteiger partial charge in [0.05, 0.1) is 43.6 Å². The molecule has 2 fully saturated rings. The van der Waals surface area contributed by atoms with Gasteiger partial charge in [-0.2, -0.15) is 5.26 Å². The molecule has 7 nitrogen and oxygen atoms in total. The molecule has 6 rings (SSSR count). The molecule has 3 aliphatic rings. The molecule has 2 atom stereocenters. The lowest BCUT2D eigenvalue weighted by molar-refractivity contribution is -0.136. The summed E-state index contributed by atoms with van der Waals surface area (Å²) in [6, 6.07) is 23.2. The fourth-order valence-electron chi connectivity index (χ4n) is 6.26. The molecule has 3 aromatic carbocycles. The highest BCUT2D eigenvalue weighted by atomic mass is 16.6. The first-order valence-electron chi connectivity index (χ1n) is 12.5. The van der Waals surface area contributed by atoms with Crippen LogP contribution in [0.4, 0.5) is 4.79 Å². The number of morpholine rings is 1. The number of amides is 1. The maximum Gasteiger partial charge on any atom is 0.410 e. The first-order chi connectivity index (χ1) is 18.0. The Morgan fingerprint density at radius 1 is 1.05 bits per heavy atom. The quantitative estimate of drug-likeness (QED) is 0.569. The number of aliphatic hydroxyl groups is 1. The van der Waals surface area contributed by atoms with Gasteiger partial charge in [0.1, 0.15) is 18.4 Å². The van der Waals surface area contributed by atoms with E-state index in [2.05, 4.69) is 30.3 Å². The topological polar surface area (TPSA) is 92.0 Å². The van der Waals surface area contributed by atoms with Crippen LogP contribution in [0.25, 0.3) is 11.1 Å². The molecule has 3 aromatic rings. The Labute approximate surface area is 215 Å². The molecule has 1 N–H and O–H groups in total. The molecule has 7 heteroatoms. The Kier molecular flexibility index (Phi) is 5.86. The van der Waals surface area contributed by atoms with Crippen LogP contribution in [0.3, 0.4) is 0 Å². The van der Waals surface area contributed by atoms with Gasteiger partial charge in [0.25, 0.3) is 0 Å². The van der Waals surface area contributed by atoms with Gasteiger partial charge in [0, 0.05) is 18.8 Å². The number of carbonyl (C=O) groups is 1. The van der Waals surface area contributed by atoms with Crippen molar-refractivity contribution in [1.82, 2.24) is 4.90 Å². The highest BCUT2D eigenvalue weighted by Crippen LogP contribution is 2.45. The number of carbonyl (C=O) groups excluding carboxylic acids is 1. The van der Waals surface area contributed by atoms with Crippen molar-refractivity contribution in [2.45, 2.75) is 36.4 Å². The Balaban J connectivity index is 1.21. The molecule has 0 aromatic heterocycles. The Hall–Kier alpha value is -3.86. The normalized spacial score (nSPS) is 24.1. The zero-order chi connectivity index (χ0) is 25.6. The van der Waals surface area contributed by atoms with Crippen molar-refractivity contribution in [3.63, 3.8) is 0 Å². The van der Waals surface area contributed by atoms with E-state index in [1.54, 1.807) is 23.1 Å². The zero-order valence-corrected chi connectivity index (χ0v) is 20.6. The Bertz CT molecular complexity index is 1340. The van der Waals surface area contributed by atoms with Crippen LogP contribution in [0.15, 0.2) is 66.7 Å². The SMILES string of the molecule is COc1ccc(C2(O)CC3COCC(C2)N3C(=O)OCC2c3ccccc3-c3ccccc32)cc1C#N. The summed E-state index contributed by atoms with van der Waals surface area (Å²) in [5.41, 5.74) is 4.54. The lowest BCUT2D eigenvalue weighted by Gasteiger charge is -2.51. The maximum absolute atomic E-state index is 13.4. The van der Waals surface area contributed by atoms with E-state index in [1.807, 2.05) is 24.3 Å². The highest BCUT2D eigenvalue weighted by Gasteiger charge is 2.49. The summed E-state index contributed by atoms with van der Waals surface area (Å²) in [5.74, 6) is 0.451. The van der Waals surface area contributed by atoms with Crippen LogP contribution in [-0.4, -0.2) is 55.1 Å². The second-order valence-corrected chi connectivity index (χ2v) is 10.0. The second-order valence-electron chi connectivity index (χ2n) is 10.0. The lowest BCUT2D eigenvalue weighted by atomic mass is 9.76. The fourth-order valence-corrected chi connectivity index (χ4v) is 6.26. The lowest BCUT2D eigenvalue weighted by Crippen LogP contribution is -2.62. The summed E-state index contributed by atoms with van der Waals surface area (Å²) >= 11 is 0. The van der Waals surface area contributed by atoms with Crippen LogP contribution in [0.5, 0.6) is 5.75 Å². The van der Waals surface area contributed by atoms with Gasteiger partial charge in [0.2, 0.25) is 0 Å². The van der Waals surface area contributed by atoms with E-state index in [0.717, 1.165) is 0 Å². The molecule has 0 spiro atoms. The molecular formula is C30H28N2O5. The van der Waals surface area contributed by atoms with Crippen molar-refractivity contribution < 1.29 is 24.1 Å². The average Bonchev–Trinajstić information content (AvgIpc) is 3.24. The van der Waals surface area contributed by atoms with E-state index in [4.69, 9.17) is 14.2 Å². The minimum atomic E-state index is -1.18. The number of piperidine rings is 1. The van der Waals surface area contributed by atoms with Crippen molar-refractivity contribution in [2.24, 2.45) is 0 Å². The summed E-state index contributed by atoms with van der Waals surface area (Å²) in [7, 11) is 1.51. The van der Waals surface area contributed by atoms with Crippen LogP contribution in [0, 0.1) is 11.3 Å². The number of hydrogen-bond donors (Lipinski definition) is 1. The van der Waals surface area contributed by atoms with Gasteiger partial charge in [-0.05, 0) is 39.9 Å². The minimum Gasteiger partial charge on any atom is -0.495 e. The van der Waals surface area contributed by atoms with Crippen molar-refractivity contribution >= 4 is 6.09 Å². The number of rotatable bonds is 4. The summed E-state index contributed by atoms with van der Waals surface area (Å²) in [5, 5.41) is 21.2. The Morgan fingerprint density at radius 2 is 1.68 bits per heavy atom. The molecule has 0 saturated carbocycles. The van der Waals surface area contributed by atoms with Gasteiger partial charge in [-0.1, -0.05) is 54.6 Å². The maximum atomic E-state index is 13.4. The molecule has 37 heavy (non-hydrogen) atoms. The summed E-state index contributed by atoms with van der Waals surface area (Å²) in [6.07, 6.45) is 0.213. The van der Waals surface area contributed by atoms with Gasteiger partial charge < -0.3 is 19.3 Å². The third-order valence-electron chi connectivity index (χ3n) is 7.96. The largest absolute Gasteiger partial charge is 0.495 e. The van der Waals surface area contributed by atoms with Gasteiger partial charge in [-0.15, -0.1) is 0 Å². The van der Waals surface area contributed by atoms with E-state index in [1.165, 1.54) is 29.4 Å². The minimum absolute atomic E-state index is 0.0159. The molecule has 2 bridgehead atoms. The molecule has 2 heterocycles. The second kappa shape index (κ2) is 9.22. The zero-order valence-electron chi connectivity index (χ0n) is 20.6. The molecule has 2 saturated heterocycles. The van der Waals surface area contributed by atoms with Crippen LogP contribution < -0.4 is 4.74 Å². The van der Waals surface area contributed by atoms with Crippen molar-refractivity contribution in [3.05, 3.63) is 89.0 Å². The molecule has 1 amide bonds. The van der Waals surface area contributed by atoms with Gasteiger partial charge in [-0.3, -0.25) is 4.90 Å². The average molecular weight is 497 g/mol. The summed E-state index contributed by atoms with van der Waals surface area (Å²) in [4.78, 5) is 15.2. The molecule has 2 aliphatic heterocycles. The monoisotopic (exact) mass is 496 g/mol. The molecule has 1 aliphatic carbocycles. The van der Waals surface area contributed by atoms with Crippen LogP contribution in [0.2, 0.25) is 0 Å². The van der Waals surface area contributed by atoms with E-state index in [-0.39, 0.29) is 30.7 Å². The standard InChI is InChI=1S/C30H28N2O5/c1-35-28-11-10-20(12-19(28)15-31)30(34)13-21-16-36-17-22(14-30)32(21)29(33)37-18-27-25-8-4-2-6-23(25)24-7-3-5-9-26(24)27/h2-12,21-22,27,34H,13-14,16-18H2,1H3. The van der Waals surface area contributed by atoms with Crippen LogP contribution >= 0.6 is 0 Å². The third kappa shape index (κ3) is 3.93. The Morgan fingerprint density at radius 3 is 2.27 bits per heavy atom. The number of methoxy groups -OCH3 is 1. The summed E-state index contributed by atoms with van der Waals surface area (Å²) < 4.78 is 17.0. The fraction of sp³-hybridized carbons (Fsp3) is 0.333. The number of ether oxygens (including phenoxy) is 3. The highest BCUT2D eigenvalue weighted by molar-refractivity contribution is 5.79. The van der Waals surface area contributed by atoms with Crippen molar-refractivity contribution in [3.8, 4) is 22.9 Å². The molecule has 188 valence electrons. The van der Waals surface area contributed by atoms with Gasteiger partial charge >= 0.3 is 6.09 Å². The summed E-state index contributed by atoms with van der Waals surface area (Å²) in [6.45, 7) is 0.895. The van der Waals surface area contributed by atoms with E-state index in [9.17, 15) is 15.2 Å². The first kappa shape index (κ1) is 23.5. The van der Waals surface area contributed by atoms with Gasteiger partial charge in [0.15, 0.2) is 0 Å². The predicted molar refractivity (Wildman–Crippen MR) is 136 cm³/mol. The van der Waals surface area contributed by atoms with E-state index < -0.39 is 5.60 Å². The smallest absolute Gasteiger partial charge is 0.410 e. The van der Waals surface area contributed by atoms with E-state index >= 15 is 0 Å². The van der Waals surface area contributed by atoms with Crippen LogP contribution in [0.1, 0.15) is 41.0 Å². The number of nitrogens with zero attached hydrogens (tertiary/aromatic N) is 2. The first-order valence-corrected chi connectivity index (χ1v) is 12.5. The number of nitriles is 1. The van der Waals surface area contributed by atoms with Gasteiger partial charge in [-0.25, -0.2) is 4.79 Å². The molecular weight excluding hydrogens is 468 g/mol. The predicted octanol–water partition coefficient (Wildman–Crippen LogP) is 4.57. The number of benzene rings is 3. The molecule has 0 radical (unpaired) electrons. The number of fused-ring (bicyclic) bond motifs is 5. The van der Waals surface area contributed by atoms with Crippen molar-refractivity contribution in [2.75, 3.05) is 26.9 Å². The van der Waals surface area contributed by atoms with Crippen LogP contribution in [-0.2, 0) is 15.1 Å². The van der Waals surface area contributed by atoms with Crippen molar-refractivity contribution in [1.29, 1.82) is 5.26 Å². The van der Waals surface area contributed by atoms with E-state index in [0.29, 0.717) is 42.9 Å².